The normalized spacial score (nSPS) is 16.2. The van der Waals surface area contributed by atoms with E-state index in [-0.39, 0.29) is 12.5 Å². The van der Waals surface area contributed by atoms with Gasteiger partial charge in [0.2, 0.25) is 5.91 Å². The zero-order valence-electron chi connectivity index (χ0n) is 16.7. The largest absolute Gasteiger partial charge is 0.416 e. The van der Waals surface area contributed by atoms with E-state index in [1.807, 2.05) is 0 Å². The van der Waals surface area contributed by atoms with E-state index >= 15 is 0 Å². The third kappa shape index (κ3) is 6.53. The molecule has 1 unspecified atom stereocenters. The minimum atomic E-state index is -4.46. The number of alkyl halides is 3. The van der Waals surface area contributed by atoms with E-state index in [1.165, 1.54) is 6.07 Å². The molecule has 3 N–H and O–H groups in total. The number of benzene rings is 1. The second kappa shape index (κ2) is 10.5. The molecule has 8 heteroatoms. The molecule has 0 bridgehead atoms. The number of pyridine rings is 1. The third-order valence-electron chi connectivity index (χ3n) is 5.39. The SMILES string of the molecule is O=C(NCc1ccncc1)C(NCCC1CCNCC1)c1cccc(C(F)(F)F)c1. The smallest absolute Gasteiger partial charge is 0.350 e. The predicted molar refractivity (Wildman–Crippen MR) is 108 cm³/mol. The minimum Gasteiger partial charge on any atom is -0.350 e. The number of piperidine rings is 1. The molecular weight excluding hydrogens is 393 g/mol. The Morgan fingerprint density at radius 2 is 1.90 bits per heavy atom. The minimum absolute atomic E-state index is 0.285. The highest BCUT2D eigenvalue weighted by Crippen LogP contribution is 2.31. The number of carbonyl (C=O) groups excluding carboxylic acids is 1. The fourth-order valence-electron chi connectivity index (χ4n) is 3.65. The van der Waals surface area contributed by atoms with Gasteiger partial charge in [-0.2, -0.15) is 13.2 Å². The van der Waals surface area contributed by atoms with Crippen molar-refractivity contribution < 1.29 is 18.0 Å². The van der Waals surface area contributed by atoms with Crippen LogP contribution in [0.3, 0.4) is 0 Å². The van der Waals surface area contributed by atoms with Gasteiger partial charge in [0.25, 0.3) is 0 Å². The van der Waals surface area contributed by atoms with E-state index in [9.17, 15) is 18.0 Å². The molecule has 0 aliphatic carbocycles. The number of aromatic nitrogens is 1. The van der Waals surface area contributed by atoms with Crippen LogP contribution in [0.2, 0.25) is 0 Å². The average molecular weight is 420 g/mol. The maximum Gasteiger partial charge on any atom is 0.416 e. The molecule has 30 heavy (non-hydrogen) atoms. The molecule has 1 amide bonds. The number of amides is 1. The first kappa shape index (κ1) is 22.2. The lowest BCUT2D eigenvalue weighted by atomic mass is 9.94. The molecule has 162 valence electrons. The van der Waals surface area contributed by atoms with Crippen LogP contribution in [0.4, 0.5) is 13.2 Å². The Hall–Kier alpha value is -2.45. The maximum absolute atomic E-state index is 13.2. The molecule has 0 radical (unpaired) electrons. The van der Waals surface area contributed by atoms with Gasteiger partial charge in [0.05, 0.1) is 5.56 Å². The van der Waals surface area contributed by atoms with Crippen LogP contribution in [0.5, 0.6) is 0 Å². The third-order valence-corrected chi connectivity index (χ3v) is 5.39. The summed E-state index contributed by atoms with van der Waals surface area (Å²) in [6, 6.07) is 7.68. The fourth-order valence-corrected chi connectivity index (χ4v) is 3.65. The molecule has 1 aliphatic rings. The van der Waals surface area contributed by atoms with Gasteiger partial charge in [-0.05, 0) is 80.2 Å². The Kier molecular flexibility index (Phi) is 7.81. The quantitative estimate of drug-likeness (QED) is 0.612. The highest BCUT2D eigenvalue weighted by atomic mass is 19.4. The first-order valence-electron chi connectivity index (χ1n) is 10.2. The van der Waals surface area contributed by atoms with Gasteiger partial charge in [-0.1, -0.05) is 12.1 Å². The average Bonchev–Trinajstić information content (AvgIpc) is 2.76. The van der Waals surface area contributed by atoms with Crippen LogP contribution < -0.4 is 16.0 Å². The van der Waals surface area contributed by atoms with E-state index in [1.54, 1.807) is 30.6 Å². The van der Waals surface area contributed by atoms with Gasteiger partial charge in [0, 0.05) is 18.9 Å². The predicted octanol–water partition coefficient (Wildman–Crippen LogP) is 3.44. The molecule has 0 saturated carbocycles. The standard InChI is InChI=1S/C22H27F3N4O/c23-22(24,25)19-3-1-2-18(14-19)20(28-13-8-16-4-9-26-10-5-16)21(30)29-15-17-6-11-27-12-7-17/h1-3,6-7,11-12,14,16,20,26,28H,4-5,8-10,13,15H2,(H,29,30). The molecule has 5 nitrogen and oxygen atoms in total. The molecular formula is C22H27F3N4O. The summed E-state index contributed by atoms with van der Waals surface area (Å²) in [6.45, 7) is 2.81. The summed E-state index contributed by atoms with van der Waals surface area (Å²) in [5.74, 6) is 0.206. The summed E-state index contributed by atoms with van der Waals surface area (Å²) in [4.78, 5) is 16.8. The molecule has 1 fully saturated rings. The molecule has 1 saturated heterocycles. The van der Waals surface area contributed by atoms with Crippen LogP contribution in [0.1, 0.15) is 42.0 Å². The van der Waals surface area contributed by atoms with Crippen molar-refractivity contribution in [1.29, 1.82) is 0 Å². The lowest BCUT2D eigenvalue weighted by Gasteiger charge is -2.24. The van der Waals surface area contributed by atoms with Crippen molar-refractivity contribution in [1.82, 2.24) is 20.9 Å². The lowest BCUT2D eigenvalue weighted by Crippen LogP contribution is -2.38. The Labute approximate surface area is 174 Å². The van der Waals surface area contributed by atoms with Crippen molar-refractivity contribution >= 4 is 5.91 Å². The van der Waals surface area contributed by atoms with Crippen molar-refractivity contribution in [3.05, 3.63) is 65.5 Å². The lowest BCUT2D eigenvalue weighted by molar-refractivity contribution is -0.137. The van der Waals surface area contributed by atoms with Crippen molar-refractivity contribution in [3.8, 4) is 0 Å². The van der Waals surface area contributed by atoms with Gasteiger partial charge in [-0.3, -0.25) is 9.78 Å². The summed E-state index contributed by atoms with van der Waals surface area (Å²) < 4.78 is 39.5. The first-order chi connectivity index (χ1) is 14.4. The van der Waals surface area contributed by atoms with E-state index in [0.717, 1.165) is 50.0 Å². The van der Waals surface area contributed by atoms with E-state index in [0.29, 0.717) is 18.0 Å². The summed E-state index contributed by atoms with van der Waals surface area (Å²) in [5, 5.41) is 9.32. The van der Waals surface area contributed by atoms with Gasteiger partial charge in [-0.25, -0.2) is 0 Å². The van der Waals surface area contributed by atoms with E-state index < -0.39 is 17.8 Å². The van der Waals surface area contributed by atoms with Crippen LogP contribution in [0.15, 0.2) is 48.8 Å². The molecule has 1 aliphatic heterocycles. The topological polar surface area (TPSA) is 66.0 Å². The number of carbonyl (C=O) groups is 1. The van der Waals surface area contributed by atoms with Crippen molar-refractivity contribution in [3.63, 3.8) is 0 Å². The Morgan fingerprint density at radius 1 is 1.17 bits per heavy atom. The molecule has 3 rings (SSSR count). The summed E-state index contributed by atoms with van der Waals surface area (Å²) >= 11 is 0. The Balaban J connectivity index is 1.69. The van der Waals surface area contributed by atoms with Crippen LogP contribution in [-0.4, -0.2) is 30.5 Å². The van der Waals surface area contributed by atoms with E-state index in [4.69, 9.17) is 0 Å². The molecule has 2 aromatic rings. The summed E-state index contributed by atoms with van der Waals surface area (Å²) in [5.41, 5.74) is 0.422. The van der Waals surface area contributed by atoms with Crippen LogP contribution in [0.25, 0.3) is 0 Å². The van der Waals surface area contributed by atoms with Crippen LogP contribution >= 0.6 is 0 Å². The van der Waals surface area contributed by atoms with Crippen LogP contribution in [-0.2, 0) is 17.5 Å². The molecule has 2 heterocycles. The Morgan fingerprint density at radius 3 is 2.60 bits per heavy atom. The Bertz CT molecular complexity index is 808. The zero-order valence-corrected chi connectivity index (χ0v) is 16.7. The number of nitrogens with zero attached hydrogens (tertiary/aromatic N) is 1. The van der Waals surface area contributed by atoms with E-state index in [2.05, 4.69) is 20.9 Å². The first-order valence-corrected chi connectivity index (χ1v) is 10.2. The molecule has 1 aromatic heterocycles. The van der Waals surface area contributed by atoms with Gasteiger partial charge in [0.1, 0.15) is 6.04 Å². The number of hydrogen-bond donors (Lipinski definition) is 3. The molecule has 1 atom stereocenters. The fraction of sp³-hybridized carbons (Fsp3) is 0.455. The number of rotatable bonds is 8. The molecule has 1 aromatic carbocycles. The summed E-state index contributed by atoms with van der Waals surface area (Å²) in [6.07, 6.45) is 1.83. The van der Waals surface area contributed by atoms with Gasteiger partial charge in [0.15, 0.2) is 0 Å². The van der Waals surface area contributed by atoms with Gasteiger partial charge >= 0.3 is 6.18 Å². The second-order valence-corrected chi connectivity index (χ2v) is 7.57. The highest BCUT2D eigenvalue weighted by Gasteiger charge is 2.32. The van der Waals surface area contributed by atoms with Crippen molar-refractivity contribution in [2.24, 2.45) is 5.92 Å². The van der Waals surface area contributed by atoms with Crippen molar-refractivity contribution in [2.75, 3.05) is 19.6 Å². The maximum atomic E-state index is 13.2. The van der Waals surface area contributed by atoms with Gasteiger partial charge in [-0.15, -0.1) is 0 Å². The monoisotopic (exact) mass is 420 g/mol. The van der Waals surface area contributed by atoms with Gasteiger partial charge < -0.3 is 16.0 Å². The molecule has 0 spiro atoms. The highest BCUT2D eigenvalue weighted by molar-refractivity contribution is 5.83. The summed E-state index contributed by atoms with van der Waals surface area (Å²) in [7, 11) is 0. The zero-order chi connectivity index (χ0) is 21.4. The second-order valence-electron chi connectivity index (χ2n) is 7.57. The number of halogens is 3. The van der Waals surface area contributed by atoms with Crippen LogP contribution in [0, 0.1) is 5.92 Å². The number of hydrogen-bond acceptors (Lipinski definition) is 4. The van der Waals surface area contributed by atoms with Crippen molar-refractivity contribution in [2.45, 2.75) is 38.0 Å². The number of nitrogens with one attached hydrogen (secondary N) is 3.